The van der Waals surface area contributed by atoms with E-state index >= 15 is 0 Å². The van der Waals surface area contributed by atoms with Gasteiger partial charge in [-0.05, 0) is 73.2 Å². The molecule has 1 aromatic heterocycles. The van der Waals surface area contributed by atoms with E-state index in [0.717, 1.165) is 39.1 Å². The van der Waals surface area contributed by atoms with Crippen molar-refractivity contribution in [1.29, 1.82) is 0 Å². The van der Waals surface area contributed by atoms with Crippen molar-refractivity contribution in [3.05, 3.63) is 94.1 Å². The fourth-order valence-electron chi connectivity index (χ4n) is 5.05. The molecule has 1 saturated heterocycles. The predicted octanol–water partition coefficient (Wildman–Crippen LogP) is 7.32. The van der Waals surface area contributed by atoms with Crippen LogP contribution in [-0.2, 0) is 16.0 Å². The van der Waals surface area contributed by atoms with Crippen LogP contribution in [0.15, 0.2) is 66.2 Å². The lowest BCUT2D eigenvalue weighted by Crippen LogP contribution is -2.29. The van der Waals surface area contributed by atoms with Crippen LogP contribution < -0.4 is 9.64 Å². The third kappa shape index (κ3) is 4.83. The average Bonchev–Trinajstić information content (AvgIpc) is 3.46. The van der Waals surface area contributed by atoms with E-state index in [1.807, 2.05) is 76.2 Å². The molecule has 0 aliphatic carbocycles. The second-order valence-electron chi connectivity index (χ2n) is 10.1. The summed E-state index contributed by atoms with van der Waals surface area (Å²) in [5.41, 5.74) is 5.10. The Kier molecular flexibility index (Phi) is 7.28. The van der Waals surface area contributed by atoms with Crippen molar-refractivity contribution in [3.63, 3.8) is 0 Å². The summed E-state index contributed by atoms with van der Waals surface area (Å²) in [5.74, 6) is -0.771. The number of aromatic nitrogens is 1. The summed E-state index contributed by atoms with van der Waals surface area (Å²) in [5, 5.41) is 12.1. The van der Waals surface area contributed by atoms with Gasteiger partial charge in [-0.15, -0.1) is 0 Å². The van der Waals surface area contributed by atoms with Crippen molar-refractivity contribution in [2.75, 3.05) is 11.5 Å². The van der Waals surface area contributed by atoms with Crippen LogP contribution in [0, 0.1) is 6.92 Å². The molecule has 1 aliphatic heterocycles. The predicted molar refractivity (Wildman–Crippen MR) is 157 cm³/mol. The fraction of sp³-hybridized carbons (Fsp3) is 0.281. The van der Waals surface area contributed by atoms with Gasteiger partial charge >= 0.3 is 5.91 Å². The van der Waals surface area contributed by atoms with E-state index in [1.54, 1.807) is 6.07 Å². The summed E-state index contributed by atoms with van der Waals surface area (Å²) in [6, 6.07) is 18.3. The van der Waals surface area contributed by atoms with E-state index in [4.69, 9.17) is 9.72 Å². The van der Waals surface area contributed by atoms with Crippen LogP contribution in [0.5, 0.6) is 5.75 Å². The average molecular weight is 541 g/mol. The van der Waals surface area contributed by atoms with Gasteiger partial charge < -0.3 is 9.84 Å². The molecule has 200 valence electrons. The number of aliphatic hydroxyl groups excluding tert-OH is 1. The molecular weight excluding hydrogens is 508 g/mol. The van der Waals surface area contributed by atoms with Gasteiger partial charge in [-0.1, -0.05) is 68.0 Å². The third-order valence-corrected chi connectivity index (χ3v) is 8.08. The molecule has 1 fully saturated rings. The van der Waals surface area contributed by atoms with Crippen molar-refractivity contribution < 1.29 is 19.4 Å². The lowest BCUT2D eigenvalue weighted by molar-refractivity contribution is -0.132. The summed E-state index contributed by atoms with van der Waals surface area (Å²) < 4.78 is 6.73. The first-order valence-corrected chi connectivity index (χ1v) is 14.1. The van der Waals surface area contributed by atoms with Gasteiger partial charge in [0, 0.05) is 5.56 Å². The van der Waals surface area contributed by atoms with Gasteiger partial charge in [-0.2, -0.15) is 0 Å². The highest BCUT2D eigenvalue weighted by Crippen LogP contribution is 2.45. The number of nitrogens with zero attached hydrogens (tertiary/aromatic N) is 2. The van der Waals surface area contributed by atoms with E-state index in [-0.39, 0.29) is 17.3 Å². The number of fused-ring (bicyclic) bond motifs is 1. The Balaban J connectivity index is 1.71. The quantitative estimate of drug-likeness (QED) is 0.151. The number of aryl methyl sites for hydroxylation is 2. The second kappa shape index (κ2) is 10.7. The molecule has 7 heteroatoms. The Labute approximate surface area is 232 Å². The van der Waals surface area contributed by atoms with Crippen LogP contribution in [0.1, 0.15) is 67.5 Å². The number of benzene rings is 3. The molecule has 0 spiro atoms. The Morgan fingerprint density at radius 2 is 1.87 bits per heavy atom. The van der Waals surface area contributed by atoms with Crippen molar-refractivity contribution in [1.82, 2.24) is 4.98 Å². The van der Waals surface area contributed by atoms with Gasteiger partial charge in [0.05, 0.1) is 28.4 Å². The van der Waals surface area contributed by atoms with Crippen molar-refractivity contribution in [2.45, 2.75) is 53.0 Å². The van der Waals surface area contributed by atoms with Crippen LogP contribution in [0.25, 0.3) is 16.0 Å². The Morgan fingerprint density at radius 3 is 2.56 bits per heavy atom. The Bertz CT molecular complexity index is 1620. The number of aliphatic hydroxyl groups is 1. The maximum Gasteiger partial charge on any atom is 0.301 e. The zero-order valence-corrected chi connectivity index (χ0v) is 23.6. The summed E-state index contributed by atoms with van der Waals surface area (Å²) >= 11 is 1.38. The van der Waals surface area contributed by atoms with Crippen molar-refractivity contribution in [3.8, 4) is 5.75 Å². The monoisotopic (exact) mass is 540 g/mol. The largest absolute Gasteiger partial charge is 0.507 e. The maximum absolute atomic E-state index is 13.6. The molecule has 3 aromatic carbocycles. The number of rotatable bonds is 7. The molecule has 1 atom stereocenters. The molecule has 6 nitrogen and oxygen atoms in total. The highest BCUT2D eigenvalue weighted by molar-refractivity contribution is 7.22. The van der Waals surface area contributed by atoms with Gasteiger partial charge in [0.1, 0.15) is 11.5 Å². The second-order valence-corrected chi connectivity index (χ2v) is 11.1. The molecule has 2 heterocycles. The fourth-order valence-corrected chi connectivity index (χ4v) is 6.11. The van der Waals surface area contributed by atoms with Crippen LogP contribution in [0.2, 0.25) is 0 Å². The summed E-state index contributed by atoms with van der Waals surface area (Å²) in [7, 11) is 0. The Hall–Kier alpha value is -3.97. The highest BCUT2D eigenvalue weighted by Gasteiger charge is 2.48. The van der Waals surface area contributed by atoms with E-state index < -0.39 is 17.7 Å². The smallest absolute Gasteiger partial charge is 0.301 e. The summed E-state index contributed by atoms with van der Waals surface area (Å²) in [4.78, 5) is 33.4. The molecule has 1 unspecified atom stereocenters. The summed E-state index contributed by atoms with van der Waals surface area (Å²) in [6.45, 7) is 10.6. The molecule has 0 saturated carbocycles. The third-order valence-electron chi connectivity index (χ3n) is 7.06. The zero-order valence-electron chi connectivity index (χ0n) is 22.8. The zero-order chi connectivity index (χ0) is 27.8. The molecule has 0 bridgehead atoms. The maximum atomic E-state index is 13.6. The topological polar surface area (TPSA) is 79.7 Å². The molecular formula is C32H32N2O4S. The standard InChI is InChI=1S/C32H32N2O4S/c1-6-20-11-13-24-26(16-20)39-32(33-24)34-28(21-10-8-9-19(5)15-21)27(30(36)31(34)37)29(35)22-12-14-25(38-7-2)23(17-22)18(3)4/h8-18,28,35H,6-7H2,1-5H3/b29-27+. The number of carbonyl (C=O) groups is 2. The van der Waals surface area contributed by atoms with Crippen LogP contribution in [0.4, 0.5) is 5.13 Å². The van der Waals surface area contributed by atoms with Crippen LogP contribution in [-0.4, -0.2) is 28.4 Å². The van der Waals surface area contributed by atoms with Crippen molar-refractivity contribution in [2.24, 2.45) is 0 Å². The van der Waals surface area contributed by atoms with Crippen LogP contribution >= 0.6 is 11.3 Å². The minimum atomic E-state index is -0.815. The minimum Gasteiger partial charge on any atom is -0.507 e. The molecule has 1 amide bonds. The molecule has 5 rings (SSSR count). The highest BCUT2D eigenvalue weighted by atomic mass is 32.1. The van der Waals surface area contributed by atoms with Crippen LogP contribution in [0.3, 0.4) is 0 Å². The van der Waals surface area contributed by atoms with Gasteiger partial charge in [0.2, 0.25) is 0 Å². The van der Waals surface area contributed by atoms with Gasteiger partial charge in [0.25, 0.3) is 5.78 Å². The number of ether oxygens (including phenoxy) is 1. The van der Waals surface area contributed by atoms with E-state index in [0.29, 0.717) is 17.3 Å². The normalized spacial score (nSPS) is 17.0. The first-order chi connectivity index (χ1) is 18.7. The SMILES string of the molecule is CCOc1ccc(/C(O)=C2\C(=O)C(=O)N(c3nc4ccc(CC)cc4s3)C2c2cccc(C)c2)cc1C(C)C. The molecule has 0 radical (unpaired) electrons. The first-order valence-electron chi connectivity index (χ1n) is 13.3. The lowest BCUT2D eigenvalue weighted by atomic mass is 9.92. The number of carbonyl (C=O) groups excluding carboxylic acids is 2. The number of thiazole rings is 1. The van der Waals surface area contributed by atoms with E-state index in [9.17, 15) is 14.7 Å². The summed E-state index contributed by atoms with van der Waals surface area (Å²) in [6.07, 6.45) is 0.886. The molecule has 1 N–H and O–H groups in total. The number of anilines is 1. The van der Waals surface area contributed by atoms with Gasteiger partial charge in [0.15, 0.2) is 5.13 Å². The lowest BCUT2D eigenvalue weighted by Gasteiger charge is -2.23. The number of Topliss-reactive ketones (excluding diaryl/α,β-unsaturated/α-hetero) is 1. The van der Waals surface area contributed by atoms with Gasteiger partial charge in [-0.25, -0.2) is 4.98 Å². The first kappa shape index (κ1) is 26.6. The Morgan fingerprint density at radius 1 is 1.08 bits per heavy atom. The number of hydrogen-bond acceptors (Lipinski definition) is 6. The minimum absolute atomic E-state index is 0.0537. The van der Waals surface area contributed by atoms with Crippen molar-refractivity contribution >= 4 is 44.1 Å². The number of amides is 1. The number of ketones is 1. The van der Waals surface area contributed by atoms with E-state index in [1.165, 1.54) is 21.8 Å². The number of hydrogen-bond donors (Lipinski definition) is 1. The molecule has 1 aliphatic rings. The molecule has 4 aromatic rings. The van der Waals surface area contributed by atoms with Gasteiger partial charge in [-0.3, -0.25) is 14.5 Å². The van der Waals surface area contributed by atoms with E-state index in [2.05, 4.69) is 13.0 Å². The molecule has 39 heavy (non-hydrogen) atoms.